The number of rotatable bonds is 0. The molecule has 0 unspecified atom stereocenters. The van der Waals surface area contributed by atoms with E-state index >= 15 is 0 Å². The van der Waals surface area contributed by atoms with Crippen molar-refractivity contribution in [2.75, 3.05) is 13.2 Å². The van der Waals surface area contributed by atoms with Gasteiger partial charge in [-0.05, 0) is 18.3 Å². The number of fused-ring (bicyclic) bond motifs is 1. The molecule has 56 valence electrons. The number of Topliss-reactive ketones (excluding diaryl/α,β-unsaturated/α-hetero) is 1. The van der Waals surface area contributed by atoms with Crippen LogP contribution in [0.25, 0.3) is 0 Å². The number of carbonyl (C=O) groups excluding carboxylic acids is 1. The van der Waals surface area contributed by atoms with Gasteiger partial charge in [-0.15, -0.1) is 0 Å². The fourth-order valence-corrected chi connectivity index (χ4v) is 1.93. The molecule has 0 bridgehead atoms. The summed E-state index contributed by atoms with van der Waals surface area (Å²) in [7, 11) is 0. The SMILES string of the molecule is O=C1CC[C@H]2COC[C@H]2C1. The number of carbonyl (C=O) groups is 1. The minimum atomic E-state index is 0.437. The highest BCUT2D eigenvalue weighted by Gasteiger charge is 2.33. The molecule has 0 aromatic rings. The fourth-order valence-electron chi connectivity index (χ4n) is 1.93. The molecule has 1 heterocycles. The van der Waals surface area contributed by atoms with Gasteiger partial charge in [0.2, 0.25) is 0 Å². The van der Waals surface area contributed by atoms with Crippen molar-refractivity contribution in [3.63, 3.8) is 0 Å². The molecule has 0 spiro atoms. The maximum atomic E-state index is 11.0. The van der Waals surface area contributed by atoms with E-state index in [4.69, 9.17) is 4.74 Å². The molecule has 0 aromatic heterocycles. The molecule has 2 aliphatic rings. The largest absolute Gasteiger partial charge is 0.381 e. The molecular weight excluding hydrogens is 128 g/mol. The van der Waals surface area contributed by atoms with E-state index in [2.05, 4.69) is 0 Å². The van der Waals surface area contributed by atoms with Gasteiger partial charge in [-0.2, -0.15) is 0 Å². The van der Waals surface area contributed by atoms with Crippen LogP contribution in [-0.2, 0) is 9.53 Å². The summed E-state index contributed by atoms with van der Waals surface area (Å²) in [6.07, 6.45) is 2.65. The fraction of sp³-hybridized carbons (Fsp3) is 0.875. The minimum Gasteiger partial charge on any atom is -0.381 e. The molecule has 2 nitrogen and oxygen atoms in total. The van der Waals surface area contributed by atoms with Gasteiger partial charge in [0.1, 0.15) is 5.78 Å². The van der Waals surface area contributed by atoms with E-state index in [0.29, 0.717) is 17.6 Å². The van der Waals surface area contributed by atoms with Gasteiger partial charge in [0.25, 0.3) is 0 Å². The van der Waals surface area contributed by atoms with Gasteiger partial charge in [0, 0.05) is 19.4 Å². The smallest absolute Gasteiger partial charge is 0.133 e. The summed E-state index contributed by atoms with van der Waals surface area (Å²) in [5.41, 5.74) is 0. The molecule has 1 aliphatic heterocycles. The van der Waals surface area contributed by atoms with Crippen LogP contribution in [0.3, 0.4) is 0 Å². The van der Waals surface area contributed by atoms with Crippen LogP contribution >= 0.6 is 0 Å². The quantitative estimate of drug-likeness (QED) is 0.501. The molecule has 0 aromatic carbocycles. The van der Waals surface area contributed by atoms with Gasteiger partial charge in [-0.25, -0.2) is 0 Å². The molecule has 2 fully saturated rings. The number of hydrogen-bond acceptors (Lipinski definition) is 2. The Bertz CT molecular complexity index is 153. The summed E-state index contributed by atoms with van der Waals surface area (Å²) < 4.78 is 5.29. The van der Waals surface area contributed by atoms with Crippen LogP contribution in [0.2, 0.25) is 0 Å². The lowest BCUT2D eigenvalue weighted by Crippen LogP contribution is -2.23. The van der Waals surface area contributed by atoms with Crippen LogP contribution < -0.4 is 0 Å². The summed E-state index contributed by atoms with van der Waals surface area (Å²) in [5, 5.41) is 0. The van der Waals surface area contributed by atoms with Gasteiger partial charge < -0.3 is 4.74 Å². The van der Waals surface area contributed by atoms with Crippen LogP contribution in [0.5, 0.6) is 0 Å². The first-order valence-electron chi connectivity index (χ1n) is 3.95. The summed E-state index contributed by atoms with van der Waals surface area (Å²) in [5.74, 6) is 1.71. The minimum absolute atomic E-state index is 0.437. The predicted octanol–water partition coefficient (Wildman–Crippen LogP) is 1.00. The van der Waals surface area contributed by atoms with Gasteiger partial charge in [0.05, 0.1) is 6.61 Å². The Balaban J connectivity index is 2.03. The Hall–Kier alpha value is -0.370. The second-order valence-corrected chi connectivity index (χ2v) is 3.34. The molecule has 10 heavy (non-hydrogen) atoms. The maximum absolute atomic E-state index is 11.0. The molecule has 1 aliphatic carbocycles. The van der Waals surface area contributed by atoms with E-state index in [1.165, 1.54) is 0 Å². The van der Waals surface area contributed by atoms with Gasteiger partial charge in [-0.3, -0.25) is 4.79 Å². The first-order chi connectivity index (χ1) is 4.86. The Morgan fingerprint density at radius 2 is 2.10 bits per heavy atom. The average Bonchev–Trinajstić information content (AvgIpc) is 2.33. The third-order valence-corrected chi connectivity index (χ3v) is 2.61. The topological polar surface area (TPSA) is 26.3 Å². The highest BCUT2D eigenvalue weighted by Crippen LogP contribution is 2.32. The second kappa shape index (κ2) is 2.35. The zero-order chi connectivity index (χ0) is 6.97. The first-order valence-corrected chi connectivity index (χ1v) is 3.95. The first kappa shape index (κ1) is 6.35. The van der Waals surface area contributed by atoms with E-state index in [9.17, 15) is 4.79 Å². The standard InChI is InChI=1S/C8H12O2/c9-8-2-1-6-4-10-5-7(6)3-8/h6-7H,1-5H2/t6-,7+/m0/s1. The maximum Gasteiger partial charge on any atom is 0.133 e. The van der Waals surface area contributed by atoms with E-state index in [0.717, 1.165) is 32.5 Å². The summed E-state index contributed by atoms with van der Waals surface area (Å²) in [4.78, 5) is 11.0. The average molecular weight is 140 g/mol. The lowest BCUT2D eigenvalue weighted by atomic mass is 9.81. The molecule has 0 amide bonds. The van der Waals surface area contributed by atoms with Crippen molar-refractivity contribution >= 4 is 5.78 Å². The van der Waals surface area contributed by atoms with E-state index in [1.54, 1.807) is 0 Å². The van der Waals surface area contributed by atoms with Crippen molar-refractivity contribution < 1.29 is 9.53 Å². The normalized spacial score (nSPS) is 39.8. The van der Waals surface area contributed by atoms with Gasteiger partial charge in [-0.1, -0.05) is 0 Å². The highest BCUT2D eigenvalue weighted by molar-refractivity contribution is 5.79. The predicted molar refractivity (Wildman–Crippen MR) is 36.7 cm³/mol. The molecule has 2 rings (SSSR count). The van der Waals surface area contributed by atoms with Crippen LogP contribution in [0.15, 0.2) is 0 Å². The Morgan fingerprint density at radius 3 is 3.00 bits per heavy atom. The monoisotopic (exact) mass is 140 g/mol. The van der Waals surface area contributed by atoms with Crippen molar-refractivity contribution in [2.45, 2.75) is 19.3 Å². The van der Waals surface area contributed by atoms with Crippen LogP contribution in [0.1, 0.15) is 19.3 Å². The number of ketones is 1. The van der Waals surface area contributed by atoms with Crippen molar-refractivity contribution in [2.24, 2.45) is 11.8 Å². The molecule has 0 radical (unpaired) electrons. The van der Waals surface area contributed by atoms with Crippen molar-refractivity contribution in [1.82, 2.24) is 0 Å². The van der Waals surface area contributed by atoms with E-state index < -0.39 is 0 Å². The van der Waals surface area contributed by atoms with Crippen LogP contribution in [0, 0.1) is 11.8 Å². The van der Waals surface area contributed by atoms with Crippen molar-refractivity contribution in [3.8, 4) is 0 Å². The Morgan fingerprint density at radius 1 is 1.30 bits per heavy atom. The van der Waals surface area contributed by atoms with Crippen molar-refractivity contribution in [1.29, 1.82) is 0 Å². The van der Waals surface area contributed by atoms with Crippen molar-refractivity contribution in [3.05, 3.63) is 0 Å². The molecule has 2 heteroatoms. The van der Waals surface area contributed by atoms with E-state index in [1.807, 2.05) is 0 Å². The zero-order valence-corrected chi connectivity index (χ0v) is 6.01. The molecule has 0 N–H and O–H groups in total. The number of ether oxygens (including phenoxy) is 1. The third kappa shape index (κ3) is 0.966. The van der Waals surface area contributed by atoms with Gasteiger partial charge in [0.15, 0.2) is 0 Å². The Labute approximate surface area is 60.6 Å². The van der Waals surface area contributed by atoms with Gasteiger partial charge >= 0.3 is 0 Å². The molecule has 1 saturated heterocycles. The second-order valence-electron chi connectivity index (χ2n) is 3.34. The van der Waals surface area contributed by atoms with E-state index in [-0.39, 0.29) is 0 Å². The molecular formula is C8H12O2. The molecule has 1 saturated carbocycles. The zero-order valence-electron chi connectivity index (χ0n) is 6.01. The summed E-state index contributed by atoms with van der Waals surface area (Å²) >= 11 is 0. The van der Waals surface area contributed by atoms with Crippen LogP contribution in [-0.4, -0.2) is 19.0 Å². The number of hydrogen-bond donors (Lipinski definition) is 0. The molecule has 2 atom stereocenters. The summed E-state index contributed by atoms with van der Waals surface area (Å²) in [6.45, 7) is 1.73. The Kier molecular flexibility index (Phi) is 1.49. The highest BCUT2D eigenvalue weighted by atomic mass is 16.5. The lowest BCUT2D eigenvalue weighted by molar-refractivity contribution is -0.122. The van der Waals surface area contributed by atoms with Crippen LogP contribution in [0.4, 0.5) is 0 Å². The summed E-state index contributed by atoms with van der Waals surface area (Å²) in [6, 6.07) is 0. The third-order valence-electron chi connectivity index (χ3n) is 2.61. The lowest BCUT2D eigenvalue weighted by Gasteiger charge is -2.21.